The van der Waals surface area contributed by atoms with Crippen molar-refractivity contribution in [2.75, 3.05) is 20.3 Å². The molecule has 2 nitrogen and oxygen atoms in total. The summed E-state index contributed by atoms with van der Waals surface area (Å²) in [6.45, 7) is 6.14. The highest BCUT2D eigenvalue weighted by Crippen LogP contribution is 2.20. The summed E-state index contributed by atoms with van der Waals surface area (Å²) in [5, 5.41) is 3.23. The molecule has 1 aromatic carbocycles. The highest BCUT2D eigenvalue weighted by atomic mass is 79.9. The van der Waals surface area contributed by atoms with Crippen LogP contribution in [0.2, 0.25) is 0 Å². The van der Waals surface area contributed by atoms with Crippen LogP contribution in [0.25, 0.3) is 0 Å². The van der Waals surface area contributed by atoms with Gasteiger partial charge in [-0.25, -0.2) is 4.39 Å². The first-order valence-corrected chi connectivity index (χ1v) is 7.30. The minimum Gasteiger partial charge on any atom is -0.381 e. The third-order valence-electron chi connectivity index (χ3n) is 3.17. The quantitative estimate of drug-likeness (QED) is 0.823. The van der Waals surface area contributed by atoms with Crippen LogP contribution in [-0.2, 0) is 11.2 Å². The molecule has 0 bridgehead atoms. The number of rotatable bonds is 7. The molecule has 2 unspecified atom stereocenters. The lowest BCUT2D eigenvalue weighted by atomic mass is 10.0. The maximum atomic E-state index is 13.9. The summed E-state index contributed by atoms with van der Waals surface area (Å²) in [6.07, 6.45) is 0.883. The number of nitrogens with one attached hydrogen (secondary N) is 1. The molecule has 1 N–H and O–H groups in total. The Labute approximate surface area is 123 Å². The van der Waals surface area contributed by atoms with Crippen LogP contribution in [0.5, 0.6) is 0 Å². The largest absolute Gasteiger partial charge is 0.381 e. The molecular formula is C15H23BrFNO. The van der Waals surface area contributed by atoms with Crippen molar-refractivity contribution in [3.63, 3.8) is 0 Å². The Hall–Kier alpha value is -0.450. The van der Waals surface area contributed by atoms with E-state index in [4.69, 9.17) is 4.74 Å². The Balaban J connectivity index is 2.51. The highest BCUT2D eigenvalue weighted by Gasteiger charge is 2.23. The molecule has 0 aromatic heterocycles. The molecule has 0 aliphatic heterocycles. The first-order chi connectivity index (χ1) is 8.85. The predicted molar refractivity (Wildman–Crippen MR) is 81.4 cm³/mol. The Bertz CT molecular complexity index is 409. The number of ether oxygens (including phenoxy) is 1. The zero-order valence-corrected chi connectivity index (χ0v) is 13.7. The molecule has 2 atom stereocenters. The summed E-state index contributed by atoms with van der Waals surface area (Å²) in [5.74, 6) is 0. The molecule has 19 heavy (non-hydrogen) atoms. The zero-order valence-electron chi connectivity index (χ0n) is 12.1. The Kier molecular flexibility index (Phi) is 6.43. The molecule has 108 valence electrons. The molecule has 0 saturated carbocycles. The Morgan fingerprint density at radius 3 is 2.79 bits per heavy atom. The number of alkyl halides is 1. The molecule has 0 saturated heterocycles. The lowest BCUT2D eigenvalue weighted by Crippen LogP contribution is -2.42. The maximum absolute atomic E-state index is 13.9. The Morgan fingerprint density at radius 2 is 2.16 bits per heavy atom. The van der Waals surface area contributed by atoms with Crippen molar-refractivity contribution in [2.45, 2.75) is 38.9 Å². The fraction of sp³-hybridized carbons (Fsp3) is 0.600. The molecule has 0 heterocycles. The van der Waals surface area contributed by atoms with E-state index in [1.54, 1.807) is 6.92 Å². The number of benzene rings is 1. The van der Waals surface area contributed by atoms with Crippen molar-refractivity contribution in [1.82, 2.24) is 5.32 Å². The molecule has 0 spiro atoms. The van der Waals surface area contributed by atoms with E-state index in [0.29, 0.717) is 6.54 Å². The van der Waals surface area contributed by atoms with Gasteiger partial charge >= 0.3 is 0 Å². The average molecular weight is 332 g/mol. The van der Waals surface area contributed by atoms with Gasteiger partial charge in [0.15, 0.2) is 0 Å². The minimum absolute atomic E-state index is 0.114. The van der Waals surface area contributed by atoms with Crippen LogP contribution < -0.4 is 5.32 Å². The lowest BCUT2D eigenvalue weighted by Gasteiger charge is -2.23. The summed E-state index contributed by atoms with van der Waals surface area (Å²) in [4.78, 5) is 0. The minimum atomic E-state index is -1.32. The second-order valence-electron chi connectivity index (χ2n) is 5.36. The van der Waals surface area contributed by atoms with Gasteiger partial charge in [-0.15, -0.1) is 0 Å². The van der Waals surface area contributed by atoms with Crippen molar-refractivity contribution >= 4 is 15.9 Å². The smallest absolute Gasteiger partial charge is 0.143 e. The first-order valence-electron chi connectivity index (χ1n) is 6.51. The van der Waals surface area contributed by atoms with Gasteiger partial charge in [0, 0.05) is 24.2 Å². The van der Waals surface area contributed by atoms with Crippen molar-refractivity contribution in [3.8, 4) is 0 Å². The van der Waals surface area contributed by atoms with Crippen molar-refractivity contribution in [2.24, 2.45) is 0 Å². The standard InChI is InChI=1S/C15H23BrFNO/c1-11(18-9-15(3,17)10-19-4)8-13-6-5-7-14(16)12(13)2/h5-7,11,18H,8-10H2,1-4H3. The van der Waals surface area contributed by atoms with Crippen LogP contribution in [0.3, 0.4) is 0 Å². The Morgan fingerprint density at radius 1 is 1.47 bits per heavy atom. The van der Waals surface area contributed by atoms with E-state index >= 15 is 0 Å². The van der Waals surface area contributed by atoms with Crippen molar-refractivity contribution < 1.29 is 9.13 Å². The second-order valence-corrected chi connectivity index (χ2v) is 6.21. The fourth-order valence-corrected chi connectivity index (χ4v) is 2.42. The third kappa shape index (κ3) is 5.59. The molecule has 0 aliphatic carbocycles. The molecule has 1 rings (SSSR count). The van der Waals surface area contributed by atoms with E-state index in [-0.39, 0.29) is 12.6 Å². The highest BCUT2D eigenvalue weighted by molar-refractivity contribution is 9.10. The van der Waals surface area contributed by atoms with Crippen LogP contribution in [0.4, 0.5) is 4.39 Å². The van der Waals surface area contributed by atoms with Crippen LogP contribution >= 0.6 is 15.9 Å². The van der Waals surface area contributed by atoms with Crippen molar-refractivity contribution in [1.29, 1.82) is 0 Å². The number of halogens is 2. The van der Waals surface area contributed by atoms with Gasteiger partial charge in [-0.3, -0.25) is 0 Å². The van der Waals surface area contributed by atoms with Gasteiger partial charge in [-0.05, 0) is 44.4 Å². The van der Waals surface area contributed by atoms with Gasteiger partial charge in [-0.2, -0.15) is 0 Å². The SMILES string of the molecule is COCC(C)(F)CNC(C)Cc1cccc(Br)c1C. The maximum Gasteiger partial charge on any atom is 0.143 e. The zero-order chi connectivity index (χ0) is 14.5. The van der Waals surface area contributed by atoms with E-state index in [9.17, 15) is 4.39 Å². The van der Waals surface area contributed by atoms with Crippen LogP contribution in [0.15, 0.2) is 22.7 Å². The van der Waals surface area contributed by atoms with E-state index in [0.717, 1.165) is 10.9 Å². The topological polar surface area (TPSA) is 21.3 Å². The van der Waals surface area contributed by atoms with Gasteiger partial charge in [0.1, 0.15) is 5.67 Å². The molecule has 0 amide bonds. The summed E-state index contributed by atoms with van der Waals surface area (Å²) >= 11 is 3.53. The van der Waals surface area contributed by atoms with E-state index in [1.165, 1.54) is 18.2 Å². The fourth-order valence-electron chi connectivity index (χ4n) is 2.01. The monoisotopic (exact) mass is 331 g/mol. The molecule has 0 aliphatic rings. The van der Waals surface area contributed by atoms with Crippen LogP contribution in [0.1, 0.15) is 25.0 Å². The second kappa shape index (κ2) is 7.36. The van der Waals surface area contributed by atoms with Gasteiger partial charge in [0.05, 0.1) is 6.61 Å². The van der Waals surface area contributed by atoms with E-state index in [1.807, 2.05) is 12.1 Å². The van der Waals surface area contributed by atoms with Gasteiger partial charge in [0.2, 0.25) is 0 Å². The van der Waals surface area contributed by atoms with Crippen molar-refractivity contribution in [3.05, 3.63) is 33.8 Å². The predicted octanol–water partition coefficient (Wildman–Crippen LogP) is 3.65. The average Bonchev–Trinajstić information content (AvgIpc) is 2.33. The van der Waals surface area contributed by atoms with Crippen LogP contribution in [0, 0.1) is 6.92 Å². The third-order valence-corrected chi connectivity index (χ3v) is 4.03. The van der Waals surface area contributed by atoms with Gasteiger partial charge in [0.25, 0.3) is 0 Å². The van der Waals surface area contributed by atoms with Crippen LogP contribution in [-0.4, -0.2) is 32.0 Å². The summed E-state index contributed by atoms with van der Waals surface area (Å²) in [7, 11) is 1.52. The number of hydrogen-bond acceptors (Lipinski definition) is 2. The van der Waals surface area contributed by atoms with Gasteiger partial charge in [-0.1, -0.05) is 28.1 Å². The first kappa shape index (κ1) is 16.6. The lowest BCUT2D eigenvalue weighted by molar-refractivity contribution is 0.0529. The number of hydrogen-bond donors (Lipinski definition) is 1. The summed E-state index contributed by atoms with van der Waals surface area (Å²) in [5.41, 5.74) is 1.20. The normalized spacial score (nSPS) is 16.1. The van der Waals surface area contributed by atoms with Gasteiger partial charge < -0.3 is 10.1 Å². The molecule has 1 aromatic rings. The molecule has 0 radical (unpaired) electrons. The molecule has 0 fully saturated rings. The van der Waals surface area contributed by atoms with E-state index in [2.05, 4.69) is 41.2 Å². The number of methoxy groups -OCH3 is 1. The summed E-state index contributed by atoms with van der Waals surface area (Å²) in [6, 6.07) is 6.40. The molecular weight excluding hydrogens is 309 g/mol. The summed E-state index contributed by atoms with van der Waals surface area (Å²) < 4.78 is 19.9. The van der Waals surface area contributed by atoms with E-state index < -0.39 is 5.67 Å². The molecule has 4 heteroatoms.